The van der Waals surface area contributed by atoms with E-state index in [0.29, 0.717) is 17.4 Å². The molecule has 0 spiro atoms. The molecule has 3 heterocycles. The summed E-state index contributed by atoms with van der Waals surface area (Å²) < 4.78 is 7.00. The molecule has 27 heavy (non-hydrogen) atoms. The van der Waals surface area contributed by atoms with Gasteiger partial charge in [0.15, 0.2) is 17.1 Å². The predicted molar refractivity (Wildman–Crippen MR) is 94.9 cm³/mol. The van der Waals surface area contributed by atoms with Gasteiger partial charge in [-0.3, -0.25) is 14.0 Å². The zero-order valence-electron chi connectivity index (χ0n) is 14.5. The average Bonchev–Trinajstić information content (AvgIpc) is 3.28. The Morgan fingerprint density at radius 3 is 2.89 bits per heavy atom. The Morgan fingerprint density at radius 1 is 1.41 bits per heavy atom. The Hall–Kier alpha value is -3.20. The first-order valence-corrected chi connectivity index (χ1v) is 8.70. The van der Waals surface area contributed by atoms with Gasteiger partial charge in [-0.15, -0.1) is 0 Å². The van der Waals surface area contributed by atoms with Crippen molar-refractivity contribution in [3.8, 4) is 11.5 Å². The van der Waals surface area contributed by atoms with Crippen LogP contribution in [0.15, 0.2) is 35.2 Å². The monoisotopic (exact) mass is 369 g/mol. The van der Waals surface area contributed by atoms with Gasteiger partial charge in [0, 0.05) is 12.6 Å². The number of imidazole rings is 1. The second-order valence-electron chi connectivity index (χ2n) is 6.68. The number of furan rings is 1. The third-order valence-corrected chi connectivity index (χ3v) is 4.85. The highest BCUT2D eigenvalue weighted by Crippen LogP contribution is 2.30. The molecule has 0 saturated heterocycles. The molecule has 0 atom stereocenters. The van der Waals surface area contributed by atoms with Gasteiger partial charge in [-0.1, -0.05) is 0 Å². The maximum Gasteiger partial charge on any atom is 0.271 e. The number of fused-ring (bicyclic) bond motifs is 1. The molecule has 1 aliphatic rings. The van der Waals surface area contributed by atoms with E-state index in [1.165, 1.54) is 12.6 Å². The molecular formula is C18H19N5O4. The van der Waals surface area contributed by atoms with Crippen molar-refractivity contribution in [2.24, 2.45) is 11.7 Å². The van der Waals surface area contributed by atoms with Crippen molar-refractivity contribution in [3.63, 3.8) is 0 Å². The van der Waals surface area contributed by atoms with Gasteiger partial charge < -0.3 is 20.6 Å². The number of carbonyl (C=O) groups is 2. The minimum Gasteiger partial charge on any atom is -0.463 e. The summed E-state index contributed by atoms with van der Waals surface area (Å²) in [4.78, 5) is 32.6. The molecule has 9 heteroatoms. The molecule has 1 aliphatic carbocycles. The maximum atomic E-state index is 12.7. The van der Waals surface area contributed by atoms with Gasteiger partial charge in [0.05, 0.1) is 12.0 Å². The second-order valence-corrected chi connectivity index (χ2v) is 6.68. The molecule has 1 fully saturated rings. The number of carbonyl (C=O) groups excluding carboxylic acids is 2. The van der Waals surface area contributed by atoms with Gasteiger partial charge in [0.1, 0.15) is 12.0 Å². The van der Waals surface area contributed by atoms with Gasteiger partial charge in [0.2, 0.25) is 0 Å². The Balaban J connectivity index is 1.67. The number of aliphatic hydroxyl groups is 1. The van der Waals surface area contributed by atoms with Crippen molar-refractivity contribution in [1.82, 2.24) is 19.7 Å². The van der Waals surface area contributed by atoms with Gasteiger partial charge >= 0.3 is 0 Å². The molecule has 4 N–H and O–H groups in total. The fourth-order valence-electron chi connectivity index (χ4n) is 3.41. The molecule has 3 aromatic heterocycles. The molecule has 0 bridgehead atoms. The lowest BCUT2D eigenvalue weighted by atomic mass is 9.78. The standard InChI is InChI=1S/C18H19N5O4/c19-16(25)15-17-22-12(18(26)21-11-6-10(7-11)3-4-24)8-13(23(17)9-20-15)14-2-1-5-27-14/h1-2,5,8-11,24H,3-4,6-7H2,(H2,19,25)(H,21,26). The number of aliphatic hydroxyl groups excluding tert-OH is 1. The second kappa shape index (κ2) is 6.84. The summed E-state index contributed by atoms with van der Waals surface area (Å²) in [6.07, 6.45) is 5.35. The highest BCUT2D eigenvalue weighted by molar-refractivity contribution is 5.99. The summed E-state index contributed by atoms with van der Waals surface area (Å²) in [5, 5.41) is 11.9. The minimum absolute atomic E-state index is 0.0101. The number of aromatic nitrogens is 3. The Bertz CT molecular complexity index is 989. The predicted octanol–water partition coefficient (Wildman–Crippen LogP) is 0.979. The molecule has 9 nitrogen and oxygen atoms in total. The van der Waals surface area contributed by atoms with Crippen LogP contribution in [0.4, 0.5) is 0 Å². The van der Waals surface area contributed by atoms with E-state index in [9.17, 15) is 9.59 Å². The van der Waals surface area contributed by atoms with Gasteiger partial charge in [-0.2, -0.15) is 0 Å². The third-order valence-electron chi connectivity index (χ3n) is 4.85. The van der Waals surface area contributed by atoms with Gasteiger partial charge in [-0.25, -0.2) is 9.97 Å². The van der Waals surface area contributed by atoms with E-state index in [2.05, 4.69) is 15.3 Å². The topological polar surface area (TPSA) is 136 Å². The number of nitrogens with one attached hydrogen (secondary N) is 1. The number of nitrogens with two attached hydrogens (primary N) is 1. The Kier molecular flexibility index (Phi) is 4.36. The normalized spacial score (nSPS) is 19.0. The van der Waals surface area contributed by atoms with Crippen LogP contribution in [-0.2, 0) is 0 Å². The van der Waals surface area contributed by atoms with Crippen LogP contribution in [0.25, 0.3) is 17.1 Å². The van der Waals surface area contributed by atoms with Crippen LogP contribution < -0.4 is 11.1 Å². The number of rotatable bonds is 6. The number of nitrogens with zero attached hydrogens (tertiary/aromatic N) is 3. The number of primary amides is 1. The molecular weight excluding hydrogens is 350 g/mol. The Morgan fingerprint density at radius 2 is 2.22 bits per heavy atom. The lowest BCUT2D eigenvalue weighted by Crippen LogP contribution is -2.44. The summed E-state index contributed by atoms with van der Waals surface area (Å²) in [5.74, 6) is -0.115. The zero-order valence-corrected chi connectivity index (χ0v) is 14.5. The van der Waals surface area contributed by atoms with Crippen LogP contribution in [0.1, 0.15) is 40.2 Å². The molecule has 0 radical (unpaired) electrons. The average molecular weight is 369 g/mol. The van der Waals surface area contributed by atoms with Crippen LogP contribution in [-0.4, -0.2) is 43.9 Å². The van der Waals surface area contributed by atoms with Crippen LogP contribution in [0.5, 0.6) is 0 Å². The summed E-state index contributed by atoms with van der Waals surface area (Å²) >= 11 is 0. The first-order chi connectivity index (χ1) is 13.1. The van der Waals surface area contributed by atoms with E-state index in [4.69, 9.17) is 15.3 Å². The number of hydrogen-bond acceptors (Lipinski definition) is 6. The van der Waals surface area contributed by atoms with Crippen molar-refractivity contribution in [3.05, 3.63) is 42.2 Å². The van der Waals surface area contributed by atoms with E-state index in [-0.39, 0.29) is 35.6 Å². The highest BCUT2D eigenvalue weighted by Gasteiger charge is 2.30. The summed E-state index contributed by atoms with van der Waals surface area (Å²) in [7, 11) is 0. The van der Waals surface area contributed by atoms with E-state index >= 15 is 0 Å². The Labute approximate surface area is 154 Å². The lowest BCUT2D eigenvalue weighted by molar-refractivity contribution is 0.0869. The molecule has 4 rings (SSSR count). The quantitative estimate of drug-likeness (QED) is 0.592. The summed E-state index contributed by atoms with van der Waals surface area (Å²) in [6.45, 7) is 0.160. The first kappa shape index (κ1) is 17.2. The van der Waals surface area contributed by atoms with Crippen molar-refractivity contribution in [2.45, 2.75) is 25.3 Å². The molecule has 3 aromatic rings. The SMILES string of the molecule is NC(=O)c1ncn2c(-c3ccco3)cc(C(=O)NC3CC(CCO)C3)nc12. The molecule has 2 amide bonds. The van der Waals surface area contributed by atoms with Gasteiger partial charge in [0.25, 0.3) is 11.8 Å². The number of hydrogen-bond donors (Lipinski definition) is 3. The fourth-order valence-corrected chi connectivity index (χ4v) is 3.41. The summed E-state index contributed by atoms with van der Waals surface area (Å²) in [6, 6.07) is 5.12. The van der Waals surface area contributed by atoms with E-state index < -0.39 is 5.91 Å². The molecule has 0 unspecified atom stereocenters. The molecule has 0 aliphatic heterocycles. The smallest absolute Gasteiger partial charge is 0.271 e. The number of amides is 2. The zero-order chi connectivity index (χ0) is 19.0. The van der Waals surface area contributed by atoms with Crippen LogP contribution >= 0.6 is 0 Å². The first-order valence-electron chi connectivity index (χ1n) is 8.70. The van der Waals surface area contributed by atoms with Crippen LogP contribution in [0, 0.1) is 5.92 Å². The van der Waals surface area contributed by atoms with E-state index in [0.717, 1.165) is 19.3 Å². The molecule has 140 valence electrons. The van der Waals surface area contributed by atoms with Gasteiger partial charge in [-0.05, 0) is 43.4 Å². The van der Waals surface area contributed by atoms with Crippen molar-refractivity contribution in [1.29, 1.82) is 0 Å². The van der Waals surface area contributed by atoms with E-state index in [1.54, 1.807) is 22.6 Å². The fraction of sp³-hybridized carbons (Fsp3) is 0.333. The molecule has 1 saturated carbocycles. The molecule has 0 aromatic carbocycles. The highest BCUT2D eigenvalue weighted by atomic mass is 16.3. The van der Waals surface area contributed by atoms with Crippen LogP contribution in [0.3, 0.4) is 0 Å². The summed E-state index contributed by atoms with van der Waals surface area (Å²) in [5.41, 5.74) is 6.27. The maximum absolute atomic E-state index is 12.7. The van der Waals surface area contributed by atoms with Crippen LogP contribution in [0.2, 0.25) is 0 Å². The van der Waals surface area contributed by atoms with Crippen molar-refractivity contribution >= 4 is 17.5 Å². The van der Waals surface area contributed by atoms with E-state index in [1.807, 2.05) is 0 Å². The minimum atomic E-state index is -0.723. The van der Waals surface area contributed by atoms with Crippen molar-refractivity contribution in [2.75, 3.05) is 6.61 Å². The largest absolute Gasteiger partial charge is 0.463 e. The van der Waals surface area contributed by atoms with Crippen molar-refractivity contribution < 1.29 is 19.1 Å². The lowest BCUT2D eigenvalue weighted by Gasteiger charge is -2.35. The third kappa shape index (κ3) is 3.17.